The number of aliphatic hydroxyl groups is 1. The summed E-state index contributed by atoms with van der Waals surface area (Å²) in [6, 6.07) is 65.6. The van der Waals surface area contributed by atoms with Gasteiger partial charge in [-0.05, 0) is 241 Å². The molecule has 141 heavy (non-hydrogen) atoms. The lowest BCUT2D eigenvalue weighted by atomic mass is 9.75. The molecule has 3 aliphatic carbocycles. The number of carbonyl (C=O) groups is 5. The van der Waals surface area contributed by atoms with E-state index in [1.54, 1.807) is 18.2 Å². The van der Waals surface area contributed by atoms with Crippen LogP contribution in [0.4, 0.5) is 0 Å². The van der Waals surface area contributed by atoms with Gasteiger partial charge in [-0.2, -0.15) is 0 Å². The standard InChI is InChI=1S/C28H30N2O2.C25H30N2O3.C22H26N2O2S.2C20H20Cl2N2O2/c1-28(2,3)22-12-9-20(10-13-22)24(18-23-14-16-26(31)29-23)25-15-11-21(27(32)30-25)17-19-7-5-4-6-8-19;1-24(2,3)17-7-5-16(6-8-17)19(15-18-9-12-22(28)26-18)21-11-10-20(23(29)27-21)25(30)13-4-14-25;1-22(2,3)15-7-5-14(6-8-15)17(13-16-9-12-20(25)23-16)18-10-11-19(27-4)21(26)24-18;2*21-16-6-3-12(9-17(16)22)15(10-13-4-8-19(25)23-13)18-7-5-14(11-1-2-11)20(26)24-18/h4-13,15,18,23H,14,16-17H2,1-3H3,(H,29,31)(H,30,32);5-8,10-11,15,18,30H,4,9,12-14H2,1-3H3,(H,26,28)(H,27,29);5-8,10-11,13,16H,9,12H2,1-4H3,(H,23,25)(H,24,26);2*3,5-7,9,11,13,15H,1-2,4,8,10H2,(H,23,25)(H,24,26)/b24-18+;;17-13+;;/t23-;18-;16-;13-,15+;13-,15-/m11111/s1. The Labute approximate surface area is 847 Å². The predicted molar refractivity (Wildman–Crippen MR) is 566 cm³/mol. The number of H-pyrrole nitrogens is 5. The van der Waals surface area contributed by atoms with E-state index < -0.39 is 5.60 Å². The van der Waals surface area contributed by atoms with E-state index in [9.17, 15) is 53.1 Å². The number of benzene rings is 6. The summed E-state index contributed by atoms with van der Waals surface area (Å²) >= 11 is 26.0. The van der Waals surface area contributed by atoms with E-state index in [0.29, 0.717) is 112 Å². The van der Waals surface area contributed by atoms with Crippen LogP contribution >= 0.6 is 58.2 Å². The number of aromatic nitrogens is 5. The molecule has 11 aromatic rings. The highest BCUT2D eigenvalue weighted by atomic mass is 35.5. The summed E-state index contributed by atoms with van der Waals surface area (Å²) in [4.78, 5) is 137. The highest BCUT2D eigenvalue weighted by Crippen LogP contribution is 2.44. The lowest BCUT2D eigenvalue weighted by Crippen LogP contribution is -2.39. The number of pyridine rings is 5. The van der Waals surface area contributed by atoms with Crippen LogP contribution in [-0.4, -0.2) is 96.0 Å². The first-order valence-electron chi connectivity index (χ1n) is 49.1. The number of aromatic amines is 5. The van der Waals surface area contributed by atoms with Gasteiger partial charge in [-0.15, -0.1) is 11.8 Å². The number of rotatable bonds is 23. The molecule has 5 saturated heterocycles. The fraction of sp³-hybridized carbons (Fsp3) is 0.374. The zero-order valence-corrected chi connectivity index (χ0v) is 85.4. The van der Waals surface area contributed by atoms with Gasteiger partial charge in [-0.1, -0.05) is 260 Å². The number of nitrogens with one attached hydrogen (secondary N) is 10. The maximum Gasteiger partial charge on any atom is 0.262 e. The lowest BCUT2D eigenvalue weighted by Gasteiger charge is -2.36. The molecule has 5 aliphatic heterocycles. The summed E-state index contributed by atoms with van der Waals surface area (Å²) in [5, 5.41) is 27.6. The monoisotopic (exact) mass is 1990 g/mol. The van der Waals surface area contributed by atoms with Crippen LogP contribution in [-0.2, 0) is 52.2 Å². The summed E-state index contributed by atoms with van der Waals surface area (Å²) in [5.74, 6) is 1.06. The molecule has 5 aromatic heterocycles. The van der Waals surface area contributed by atoms with Crippen LogP contribution in [0.25, 0.3) is 16.7 Å². The van der Waals surface area contributed by atoms with Gasteiger partial charge >= 0.3 is 0 Å². The largest absolute Gasteiger partial charge is 0.385 e. The Morgan fingerprint density at radius 3 is 1.06 bits per heavy atom. The van der Waals surface area contributed by atoms with Crippen molar-refractivity contribution in [1.82, 2.24) is 51.5 Å². The van der Waals surface area contributed by atoms with Crippen LogP contribution in [0, 0.1) is 0 Å². The van der Waals surface area contributed by atoms with Gasteiger partial charge in [0.15, 0.2) is 0 Å². The van der Waals surface area contributed by atoms with Crippen LogP contribution in [0.2, 0.25) is 20.1 Å². The fourth-order valence-electron chi connectivity index (χ4n) is 19.0. The molecule has 19 rings (SSSR count). The molecule has 6 aromatic carbocycles. The summed E-state index contributed by atoms with van der Waals surface area (Å²) in [6.07, 6.45) is 23.2. The van der Waals surface area contributed by atoms with Crippen molar-refractivity contribution in [2.75, 3.05) is 6.26 Å². The zero-order valence-electron chi connectivity index (χ0n) is 81.6. The minimum atomic E-state index is -0.996. The van der Waals surface area contributed by atoms with Crippen molar-refractivity contribution in [2.24, 2.45) is 0 Å². The summed E-state index contributed by atoms with van der Waals surface area (Å²) in [5.41, 5.74) is 18.2. The molecule has 0 spiro atoms. The third kappa shape index (κ3) is 27.1. The topological polar surface area (TPSA) is 330 Å². The van der Waals surface area contributed by atoms with Gasteiger partial charge in [0.1, 0.15) is 0 Å². The first-order valence-corrected chi connectivity index (χ1v) is 51.8. The Morgan fingerprint density at radius 1 is 0.383 bits per heavy atom. The van der Waals surface area contributed by atoms with E-state index in [1.165, 1.54) is 28.5 Å². The Hall–Kier alpha value is -11.9. The molecule has 0 bridgehead atoms. The first-order chi connectivity index (χ1) is 67.2. The first kappa shape index (κ1) is 103. The smallest absolute Gasteiger partial charge is 0.262 e. The number of thioether (sulfide) groups is 1. The summed E-state index contributed by atoms with van der Waals surface area (Å²) < 4.78 is 0. The molecule has 7 atom stereocenters. The second-order valence-corrected chi connectivity index (χ2v) is 44.0. The van der Waals surface area contributed by atoms with Crippen LogP contribution in [0.15, 0.2) is 247 Å². The third-order valence-corrected chi connectivity index (χ3v) is 30.0. The molecule has 0 unspecified atom stereocenters. The van der Waals surface area contributed by atoms with E-state index in [1.807, 2.05) is 122 Å². The number of halogens is 4. The average molecular weight is 2000 g/mol. The maximum absolute atomic E-state index is 12.9. The van der Waals surface area contributed by atoms with E-state index in [0.717, 1.165) is 154 Å². The quantitative estimate of drug-likeness (QED) is 0.0266. The van der Waals surface area contributed by atoms with E-state index in [2.05, 4.69) is 199 Å². The van der Waals surface area contributed by atoms with Crippen LogP contribution in [0.3, 0.4) is 0 Å². The van der Waals surface area contributed by atoms with Crippen LogP contribution < -0.4 is 54.4 Å². The normalized spacial score (nSPS) is 19.4. The van der Waals surface area contributed by atoms with Crippen molar-refractivity contribution in [3.8, 4) is 0 Å². The van der Waals surface area contributed by atoms with Crippen molar-refractivity contribution < 1.29 is 29.1 Å². The van der Waals surface area contributed by atoms with E-state index in [4.69, 9.17) is 46.4 Å². The Bertz CT molecular complexity index is 6700. The molecule has 26 heteroatoms. The molecule has 5 amide bonds. The molecule has 736 valence electrons. The molecule has 3 saturated carbocycles. The molecule has 8 fully saturated rings. The molecule has 8 aliphatic rings. The SMILES string of the molecule is CC(C)(C)c1ccc(/C(=C\[C@H]2CCC(=O)N2)c2ccc(Cc3ccccc3)c(=O)[nH]2)cc1.CC(C)(C)c1ccc(C(=C[C@H]2CCC(=O)N2)c2ccc(C3(O)CCC3)c(=O)[nH]2)cc1.CSc1ccc(/C(=C/[C@H]2CCC(=O)N2)c2ccc(C(C)(C)C)cc2)[nH]c1=O.O=C1CC[C@H](C[C@@H](c2ccc(Cl)c(Cl)c2)c2ccc(C3CC3)c(=O)[nH]2)N1.O=C1CC[C@H](C[C@H](c2ccc(Cl)c(Cl)c2)c2ccc(C3CC3)c(=O)[nH]2)N1. The van der Waals surface area contributed by atoms with Crippen molar-refractivity contribution in [1.29, 1.82) is 0 Å². The molecule has 10 heterocycles. The summed E-state index contributed by atoms with van der Waals surface area (Å²) in [7, 11) is 0. The van der Waals surface area contributed by atoms with Crippen molar-refractivity contribution in [3.05, 3.63) is 391 Å². The minimum absolute atomic E-state index is 0.00878. The zero-order chi connectivity index (χ0) is 100. The van der Waals surface area contributed by atoms with Crippen LogP contribution in [0.5, 0.6) is 0 Å². The van der Waals surface area contributed by atoms with Crippen molar-refractivity contribution in [2.45, 2.75) is 271 Å². The highest BCUT2D eigenvalue weighted by Gasteiger charge is 2.40. The molecular formula is C115H126Cl4N10O11S. The van der Waals surface area contributed by atoms with Gasteiger partial charge in [0, 0.05) is 148 Å². The van der Waals surface area contributed by atoms with E-state index in [-0.39, 0.29) is 116 Å². The van der Waals surface area contributed by atoms with Gasteiger partial charge in [0.2, 0.25) is 29.5 Å². The molecule has 21 nitrogen and oxygen atoms in total. The predicted octanol–water partition coefficient (Wildman–Crippen LogP) is 21.6. The Morgan fingerprint density at radius 2 is 0.752 bits per heavy atom. The fourth-order valence-corrected chi connectivity index (χ4v) is 20.1. The second kappa shape index (κ2) is 45.2. The van der Waals surface area contributed by atoms with Gasteiger partial charge in [0.05, 0.1) is 30.6 Å². The average Bonchev–Trinajstić information content (AvgIpc) is 1.06. The molecule has 0 radical (unpaired) electrons. The Kier molecular flexibility index (Phi) is 33.1. The number of hydrogen-bond donors (Lipinski definition) is 11. The molecular weight excluding hydrogens is 1870 g/mol. The van der Waals surface area contributed by atoms with Crippen molar-refractivity contribution in [3.63, 3.8) is 0 Å². The summed E-state index contributed by atoms with van der Waals surface area (Å²) in [6.45, 7) is 19.7. The third-order valence-electron chi connectivity index (χ3n) is 27.8. The number of amides is 5. The van der Waals surface area contributed by atoms with Crippen LogP contribution in [0.1, 0.15) is 309 Å². The maximum atomic E-state index is 12.9. The lowest BCUT2D eigenvalue weighted by molar-refractivity contribution is -0.120. The highest BCUT2D eigenvalue weighted by molar-refractivity contribution is 7.98. The van der Waals surface area contributed by atoms with Gasteiger partial charge in [0.25, 0.3) is 27.8 Å². The Balaban J connectivity index is 0.000000133. The minimum Gasteiger partial charge on any atom is -0.385 e. The number of carbonyl (C=O) groups excluding carboxylic acids is 5. The van der Waals surface area contributed by atoms with Crippen molar-refractivity contribution >= 4 is 104 Å². The van der Waals surface area contributed by atoms with Gasteiger partial charge in [-0.25, -0.2) is 0 Å². The van der Waals surface area contributed by atoms with E-state index >= 15 is 0 Å². The number of hydrogen-bond acceptors (Lipinski definition) is 12. The molecule has 11 N–H and O–H groups in total. The second-order valence-electron chi connectivity index (χ2n) is 41.5. The van der Waals surface area contributed by atoms with Gasteiger partial charge < -0.3 is 56.6 Å². The van der Waals surface area contributed by atoms with Gasteiger partial charge in [-0.3, -0.25) is 47.9 Å².